The van der Waals surface area contributed by atoms with Gasteiger partial charge in [-0.15, -0.1) is 11.6 Å². The van der Waals surface area contributed by atoms with Gasteiger partial charge in [-0.1, -0.05) is 58.5 Å². The first-order valence-corrected chi connectivity index (χ1v) is 11.3. The lowest BCUT2D eigenvalue weighted by Gasteiger charge is -2.19. The Bertz CT molecular complexity index is 1060. The Morgan fingerprint density at radius 1 is 1.19 bits per heavy atom. The molecule has 2 amide bonds. The summed E-state index contributed by atoms with van der Waals surface area (Å²) in [5.41, 5.74) is 5.68. The summed E-state index contributed by atoms with van der Waals surface area (Å²) in [7, 11) is 0. The van der Waals surface area contributed by atoms with Crippen LogP contribution in [0.2, 0.25) is 10.0 Å². The van der Waals surface area contributed by atoms with Gasteiger partial charge < -0.3 is 11.1 Å². The molecular formula is C21H18Cl5FN2O2. The molecule has 0 aromatic heterocycles. The van der Waals surface area contributed by atoms with Gasteiger partial charge in [0.1, 0.15) is 15.6 Å². The number of benzene rings is 2. The van der Waals surface area contributed by atoms with Crippen molar-refractivity contribution in [3.05, 3.63) is 68.4 Å². The molecule has 0 spiro atoms. The number of hydrogen-bond donors (Lipinski definition) is 2. The first-order chi connectivity index (χ1) is 14.5. The maximum Gasteiger partial charge on any atom is 0.252 e. The molecule has 166 valence electrons. The predicted octanol–water partition coefficient (Wildman–Crippen LogP) is 5.49. The number of primary amides is 1. The van der Waals surface area contributed by atoms with Crippen molar-refractivity contribution < 1.29 is 14.0 Å². The first kappa shape index (κ1) is 24.4. The lowest BCUT2D eigenvalue weighted by atomic mass is 9.87. The zero-order chi connectivity index (χ0) is 23.1. The maximum atomic E-state index is 13.7. The van der Waals surface area contributed by atoms with E-state index in [1.54, 1.807) is 13.0 Å². The molecule has 0 saturated heterocycles. The minimum absolute atomic E-state index is 0.140. The molecule has 1 saturated carbocycles. The SMILES string of the molecule is Cc1cc(C2(C(N)=O)C(c3ccc(F)c(Cl)c3)C2(Cl)Cl)cc(C(=O)NCCCCl)c1Cl. The zero-order valence-corrected chi connectivity index (χ0v) is 20.0. The van der Waals surface area contributed by atoms with Gasteiger partial charge in [-0.05, 0) is 48.2 Å². The Morgan fingerprint density at radius 2 is 1.87 bits per heavy atom. The predicted molar refractivity (Wildman–Crippen MR) is 123 cm³/mol. The maximum absolute atomic E-state index is 13.7. The Hall–Kier alpha value is -1.24. The second-order valence-electron chi connectivity index (χ2n) is 7.35. The molecule has 0 radical (unpaired) electrons. The van der Waals surface area contributed by atoms with E-state index in [4.69, 9.17) is 63.7 Å². The number of nitrogens with one attached hydrogen (secondary N) is 1. The molecule has 0 bridgehead atoms. The second kappa shape index (κ2) is 8.95. The molecule has 1 aliphatic carbocycles. The highest BCUT2D eigenvalue weighted by Crippen LogP contribution is 2.74. The minimum atomic E-state index is -1.65. The third kappa shape index (κ3) is 4.00. The van der Waals surface area contributed by atoms with Gasteiger partial charge in [0.2, 0.25) is 5.91 Å². The van der Waals surface area contributed by atoms with E-state index < -0.39 is 33.3 Å². The van der Waals surface area contributed by atoms with E-state index >= 15 is 0 Å². The standard InChI is InChI=1S/C21H18Cl5FN2O2/c1-10-7-12(9-13(16(10)24)18(30)29-6-2-5-22)20(19(28)31)17(21(20,25)26)11-3-4-15(27)14(23)8-11/h3-4,7-9,17H,2,5-6H2,1H3,(H2,28,31)(H,29,30). The van der Waals surface area contributed by atoms with E-state index in [1.165, 1.54) is 18.2 Å². The summed E-state index contributed by atoms with van der Waals surface area (Å²) >= 11 is 31.1. The molecule has 1 fully saturated rings. The van der Waals surface area contributed by atoms with Crippen LogP contribution in [-0.2, 0) is 10.2 Å². The van der Waals surface area contributed by atoms with Gasteiger partial charge in [-0.2, -0.15) is 0 Å². The molecule has 2 atom stereocenters. The van der Waals surface area contributed by atoms with Crippen molar-refractivity contribution in [2.45, 2.75) is 29.0 Å². The second-order valence-corrected chi connectivity index (χ2v) is 9.90. The topological polar surface area (TPSA) is 72.2 Å². The van der Waals surface area contributed by atoms with Crippen LogP contribution in [0.3, 0.4) is 0 Å². The molecule has 0 heterocycles. The average molecular weight is 527 g/mol. The summed E-state index contributed by atoms with van der Waals surface area (Å²) in [6.07, 6.45) is 0.578. The monoisotopic (exact) mass is 524 g/mol. The molecule has 2 aromatic carbocycles. The molecule has 10 heteroatoms. The number of halogens is 6. The fourth-order valence-electron chi connectivity index (χ4n) is 3.89. The van der Waals surface area contributed by atoms with E-state index in [0.717, 1.165) is 6.07 Å². The Morgan fingerprint density at radius 3 is 2.45 bits per heavy atom. The van der Waals surface area contributed by atoms with Crippen molar-refractivity contribution in [3.63, 3.8) is 0 Å². The van der Waals surface area contributed by atoms with Gasteiger partial charge in [0, 0.05) is 18.3 Å². The quantitative estimate of drug-likeness (QED) is 0.370. The summed E-state index contributed by atoms with van der Waals surface area (Å²) in [5, 5.41) is 2.81. The van der Waals surface area contributed by atoms with E-state index in [-0.39, 0.29) is 15.6 Å². The Balaban J connectivity index is 2.12. The molecule has 1 aliphatic rings. The molecule has 2 aromatic rings. The van der Waals surface area contributed by atoms with Crippen molar-refractivity contribution in [1.29, 1.82) is 0 Å². The van der Waals surface area contributed by atoms with Gasteiger partial charge >= 0.3 is 0 Å². The van der Waals surface area contributed by atoms with E-state index in [2.05, 4.69) is 5.32 Å². The number of alkyl halides is 3. The van der Waals surface area contributed by atoms with E-state index in [1.807, 2.05) is 0 Å². The molecule has 0 aliphatic heterocycles. The Labute approximate surface area is 204 Å². The summed E-state index contributed by atoms with van der Waals surface area (Å²) in [6.45, 7) is 2.04. The van der Waals surface area contributed by atoms with Crippen LogP contribution >= 0.6 is 58.0 Å². The molecule has 3 rings (SSSR count). The normalized spacial score (nSPS) is 21.6. The fraction of sp³-hybridized carbons (Fsp3) is 0.333. The molecule has 31 heavy (non-hydrogen) atoms. The number of aryl methyl sites for hydroxylation is 1. The lowest BCUT2D eigenvalue weighted by molar-refractivity contribution is -0.120. The molecule has 4 nitrogen and oxygen atoms in total. The molecule has 2 unspecified atom stereocenters. The third-order valence-electron chi connectivity index (χ3n) is 5.45. The highest BCUT2D eigenvalue weighted by molar-refractivity contribution is 6.55. The smallest absolute Gasteiger partial charge is 0.252 e. The molecular weight excluding hydrogens is 509 g/mol. The number of nitrogens with two attached hydrogens (primary N) is 1. The van der Waals surface area contributed by atoms with Crippen LogP contribution in [-0.4, -0.2) is 28.6 Å². The lowest BCUT2D eigenvalue weighted by Crippen LogP contribution is -2.34. The number of amides is 2. The summed E-state index contributed by atoms with van der Waals surface area (Å²) in [5.74, 6) is -2.27. The average Bonchev–Trinajstić information content (AvgIpc) is 3.23. The van der Waals surface area contributed by atoms with Gasteiger partial charge in [0.05, 0.1) is 15.6 Å². The van der Waals surface area contributed by atoms with E-state index in [0.29, 0.717) is 35.5 Å². The molecule has 3 N–H and O–H groups in total. The van der Waals surface area contributed by atoms with Crippen molar-refractivity contribution in [2.24, 2.45) is 5.73 Å². The van der Waals surface area contributed by atoms with E-state index in [9.17, 15) is 14.0 Å². The zero-order valence-electron chi connectivity index (χ0n) is 16.2. The number of rotatable bonds is 7. The van der Waals surface area contributed by atoms with Crippen LogP contribution in [0.1, 0.15) is 39.4 Å². The van der Waals surface area contributed by atoms with Crippen LogP contribution in [0, 0.1) is 12.7 Å². The van der Waals surface area contributed by atoms with Crippen LogP contribution in [0.15, 0.2) is 30.3 Å². The first-order valence-electron chi connectivity index (χ1n) is 9.27. The number of hydrogen-bond acceptors (Lipinski definition) is 2. The van der Waals surface area contributed by atoms with Crippen LogP contribution in [0.4, 0.5) is 4.39 Å². The van der Waals surface area contributed by atoms with Gasteiger partial charge in [0.15, 0.2) is 0 Å². The van der Waals surface area contributed by atoms with Crippen molar-refractivity contribution in [3.8, 4) is 0 Å². The van der Waals surface area contributed by atoms with Gasteiger partial charge in [0.25, 0.3) is 5.91 Å². The van der Waals surface area contributed by atoms with Gasteiger partial charge in [-0.3, -0.25) is 9.59 Å². The van der Waals surface area contributed by atoms with Crippen LogP contribution < -0.4 is 11.1 Å². The highest BCUT2D eigenvalue weighted by Gasteiger charge is 2.80. The van der Waals surface area contributed by atoms with Crippen molar-refractivity contribution in [1.82, 2.24) is 5.32 Å². The number of carbonyl (C=O) groups is 2. The number of carbonyl (C=O) groups excluding carboxylic acids is 2. The van der Waals surface area contributed by atoms with Crippen LogP contribution in [0.25, 0.3) is 0 Å². The largest absolute Gasteiger partial charge is 0.369 e. The van der Waals surface area contributed by atoms with Gasteiger partial charge in [-0.25, -0.2) is 4.39 Å². The third-order valence-corrected chi connectivity index (χ3v) is 7.55. The van der Waals surface area contributed by atoms with Crippen LogP contribution in [0.5, 0.6) is 0 Å². The summed E-state index contributed by atoms with van der Waals surface area (Å²) in [6, 6.07) is 7.04. The minimum Gasteiger partial charge on any atom is -0.369 e. The van der Waals surface area contributed by atoms with Crippen molar-refractivity contribution >= 4 is 69.8 Å². The fourth-order valence-corrected chi connectivity index (χ4v) is 5.50. The summed E-state index contributed by atoms with van der Waals surface area (Å²) < 4.78 is 12.0. The summed E-state index contributed by atoms with van der Waals surface area (Å²) in [4.78, 5) is 25.4. The Kier molecular flexibility index (Phi) is 7.05. The highest BCUT2D eigenvalue weighted by atomic mass is 35.5. The van der Waals surface area contributed by atoms with Crippen molar-refractivity contribution in [2.75, 3.05) is 12.4 Å².